The minimum atomic E-state index is -0.112. The van der Waals surface area contributed by atoms with E-state index in [1.54, 1.807) is 29.2 Å². The Morgan fingerprint density at radius 2 is 2.10 bits per heavy atom. The normalized spacial score (nSPS) is 15.3. The summed E-state index contributed by atoms with van der Waals surface area (Å²) >= 11 is 0. The molecule has 8 nitrogen and oxygen atoms in total. The lowest BCUT2D eigenvalue weighted by Crippen LogP contribution is -2.37. The molecule has 112 valence electrons. The standard InChI is InChI=1S/C13H18N6O2/c14-12-1-2-18(16-12)3-4-19-13(20)9-11(10-15-19)17-5-7-21-8-6-17/h1-2,9-10H,3-8H2,(H2,14,16). The van der Waals surface area contributed by atoms with Crippen LogP contribution in [0.25, 0.3) is 0 Å². The molecular weight excluding hydrogens is 272 g/mol. The van der Waals surface area contributed by atoms with Crippen molar-refractivity contribution in [2.75, 3.05) is 36.9 Å². The summed E-state index contributed by atoms with van der Waals surface area (Å²) in [6.45, 7) is 3.97. The lowest BCUT2D eigenvalue weighted by molar-refractivity contribution is 0.122. The van der Waals surface area contributed by atoms with E-state index < -0.39 is 0 Å². The summed E-state index contributed by atoms with van der Waals surface area (Å²) in [7, 11) is 0. The maximum Gasteiger partial charge on any atom is 0.268 e. The van der Waals surface area contributed by atoms with E-state index in [0.717, 1.165) is 18.8 Å². The van der Waals surface area contributed by atoms with E-state index in [4.69, 9.17) is 10.5 Å². The number of anilines is 2. The average molecular weight is 290 g/mol. The quantitative estimate of drug-likeness (QED) is 0.821. The Bertz CT molecular complexity index is 659. The van der Waals surface area contributed by atoms with Crippen LogP contribution in [0.15, 0.2) is 29.3 Å². The van der Waals surface area contributed by atoms with Crippen LogP contribution >= 0.6 is 0 Å². The molecule has 0 aliphatic carbocycles. The summed E-state index contributed by atoms with van der Waals surface area (Å²) in [5, 5.41) is 8.30. The lowest BCUT2D eigenvalue weighted by atomic mass is 10.3. The van der Waals surface area contributed by atoms with Crippen molar-refractivity contribution in [1.29, 1.82) is 0 Å². The van der Waals surface area contributed by atoms with Crippen molar-refractivity contribution in [2.24, 2.45) is 0 Å². The van der Waals surface area contributed by atoms with Gasteiger partial charge in [-0.1, -0.05) is 0 Å². The van der Waals surface area contributed by atoms with E-state index in [1.165, 1.54) is 4.68 Å². The molecular formula is C13H18N6O2. The van der Waals surface area contributed by atoms with Crippen LogP contribution in [0, 0.1) is 0 Å². The van der Waals surface area contributed by atoms with Crippen LogP contribution in [0.1, 0.15) is 0 Å². The van der Waals surface area contributed by atoms with Crippen LogP contribution in [0.5, 0.6) is 0 Å². The molecule has 0 amide bonds. The number of aromatic nitrogens is 4. The highest BCUT2D eigenvalue weighted by atomic mass is 16.5. The monoisotopic (exact) mass is 290 g/mol. The minimum Gasteiger partial charge on any atom is -0.382 e. The third-order valence-electron chi connectivity index (χ3n) is 3.43. The molecule has 1 saturated heterocycles. The predicted octanol–water partition coefficient (Wildman–Crippen LogP) is -0.441. The Hall–Kier alpha value is -2.35. The zero-order chi connectivity index (χ0) is 14.7. The Morgan fingerprint density at radius 3 is 2.76 bits per heavy atom. The van der Waals surface area contributed by atoms with Crippen LogP contribution in [0.4, 0.5) is 11.5 Å². The SMILES string of the molecule is Nc1ccn(CCn2ncc(N3CCOCC3)cc2=O)n1. The molecule has 0 radical (unpaired) electrons. The molecule has 2 N–H and O–H groups in total. The summed E-state index contributed by atoms with van der Waals surface area (Å²) < 4.78 is 8.43. The van der Waals surface area contributed by atoms with Crippen molar-refractivity contribution in [3.8, 4) is 0 Å². The van der Waals surface area contributed by atoms with Crippen molar-refractivity contribution >= 4 is 11.5 Å². The number of nitrogens with zero attached hydrogens (tertiary/aromatic N) is 5. The summed E-state index contributed by atoms with van der Waals surface area (Å²) in [6.07, 6.45) is 3.51. The van der Waals surface area contributed by atoms with Gasteiger partial charge < -0.3 is 15.4 Å². The second-order valence-corrected chi connectivity index (χ2v) is 4.88. The molecule has 21 heavy (non-hydrogen) atoms. The molecule has 0 saturated carbocycles. The summed E-state index contributed by atoms with van der Waals surface area (Å²) in [5.74, 6) is 0.470. The molecule has 3 rings (SSSR count). The van der Waals surface area contributed by atoms with Gasteiger partial charge in [-0.05, 0) is 6.07 Å². The minimum absolute atomic E-state index is 0.112. The fourth-order valence-corrected chi connectivity index (χ4v) is 2.29. The van der Waals surface area contributed by atoms with E-state index in [1.807, 2.05) is 0 Å². The van der Waals surface area contributed by atoms with Gasteiger partial charge in [0.15, 0.2) is 0 Å². The first-order valence-electron chi connectivity index (χ1n) is 6.91. The van der Waals surface area contributed by atoms with E-state index >= 15 is 0 Å². The molecule has 0 bridgehead atoms. The molecule has 1 aliphatic heterocycles. The molecule has 3 heterocycles. The van der Waals surface area contributed by atoms with E-state index in [-0.39, 0.29) is 5.56 Å². The number of rotatable bonds is 4. The maximum atomic E-state index is 12.1. The van der Waals surface area contributed by atoms with Crippen LogP contribution in [-0.4, -0.2) is 45.9 Å². The van der Waals surface area contributed by atoms with Gasteiger partial charge in [-0.25, -0.2) is 4.68 Å². The molecule has 1 fully saturated rings. The predicted molar refractivity (Wildman–Crippen MR) is 78.2 cm³/mol. The Kier molecular flexibility index (Phi) is 3.87. The third kappa shape index (κ3) is 3.22. The third-order valence-corrected chi connectivity index (χ3v) is 3.43. The summed E-state index contributed by atoms with van der Waals surface area (Å²) in [6, 6.07) is 3.34. The van der Waals surface area contributed by atoms with Gasteiger partial charge in [-0.2, -0.15) is 10.2 Å². The number of hydrogen-bond donors (Lipinski definition) is 1. The van der Waals surface area contributed by atoms with Gasteiger partial charge in [0.05, 0.1) is 38.2 Å². The summed E-state index contributed by atoms with van der Waals surface area (Å²) in [4.78, 5) is 14.2. The van der Waals surface area contributed by atoms with Crippen LogP contribution < -0.4 is 16.2 Å². The fraction of sp³-hybridized carbons (Fsp3) is 0.462. The zero-order valence-corrected chi connectivity index (χ0v) is 11.7. The highest BCUT2D eigenvalue weighted by molar-refractivity contribution is 5.43. The smallest absolute Gasteiger partial charge is 0.268 e. The van der Waals surface area contributed by atoms with E-state index in [0.29, 0.717) is 32.1 Å². The van der Waals surface area contributed by atoms with Crippen LogP contribution in [0.2, 0.25) is 0 Å². The van der Waals surface area contributed by atoms with E-state index in [2.05, 4.69) is 15.1 Å². The van der Waals surface area contributed by atoms with Gasteiger partial charge in [0.1, 0.15) is 5.82 Å². The van der Waals surface area contributed by atoms with Crippen molar-refractivity contribution in [1.82, 2.24) is 19.6 Å². The molecule has 0 aromatic carbocycles. The highest BCUT2D eigenvalue weighted by Crippen LogP contribution is 2.11. The second kappa shape index (κ2) is 5.96. The molecule has 8 heteroatoms. The first kappa shape index (κ1) is 13.6. The van der Waals surface area contributed by atoms with Crippen molar-refractivity contribution < 1.29 is 4.74 Å². The number of nitrogens with two attached hydrogens (primary N) is 1. The van der Waals surface area contributed by atoms with Crippen LogP contribution in [0.3, 0.4) is 0 Å². The average Bonchev–Trinajstić information content (AvgIpc) is 2.92. The number of morpholine rings is 1. The van der Waals surface area contributed by atoms with Gasteiger partial charge in [0.2, 0.25) is 0 Å². The second-order valence-electron chi connectivity index (χ2n) is 4.88. The first-order valence-corrected chi connectivity index (χ1v) is 6.91. The Balaban J connectivity index is 1.67. The number of hydrogen-bond acceptors (Lipinski definition) is 6. The van der Waals surface area contributed by atoms with Gasteiger partial charge in [0.25, 0.3) is 5.56 Å². The molecule has 2 aromatic heterocycles. The maximum absolute atomic E-state index is 12.1. The van der Waals surface area contributed by atoms with Crippen LogP contribution in [-0.2, 0) is 17.8 Å². The van der Waals surface area contributed by atoms with Gasteiger partial charge in [-0.3, -0.25) is 9.48 Å². The highest BCUT2D eigenvalue weighted by Gasteiger charge is 2.12. The van der Waals surface area contributed by atoms with Crippen molar-refractivity contribution in [3.63, 3.8) is 0 Å². The Labute approximate surface area is 121 Å². The number of ether oxygens (including phenoxy) is 1. The topological polar surface area (TPSA) is 91.2 Å². The number of aryl methyl sites for hydroxylation is 2. The van der Waals surface area contributed by atoms with E-state index in [9.17, 15) is 4.79 Å². The molecule has 1 aliphatic rings. The van der Waals surface area contributed by atoms with Gasteiger partial charge in [0, 0.05) is 25.4 Å². The molecule has 0 unspecified atom stereocenters. The zero-order valence-electron chi connectivity index (χ0n) is 11.7. The Morgan fingerprint density at radius 1 is 1.29 bits per heavy atom. The molecule has 0 atom stereocenters. The van der Waals surface area contributed by atoms with Crippen molar-refractivity contribution in [2.45, 2.75) is 13.1 Å². The summed E-state index contributed by atoms with van der Waals surface area (Å²) in [5.41, 5.74) is 6.29. The first-order chi connectivity index (χ1) is 10.2. The largest absolute Gasteiger partial charge is 0.382 e. The van der Waals surface area contributed by atoms with Gasteiger partial charge in [-0.15, -0.1) is 0 Å². The number of nitrogen functional groups attached to an aromatic ring is 1. The molecule has 0 spiro atoms. The van der Waals surface area contributed by atoms with Gasteiger partial charge >= 0.3 is 0 Å². The lowest BCUT2D eigenvalue weighted by Gasteiger charge is -2.28. The fourth-order valence-electron chi connectivity index (χ4n) is 2.29. The molecule has 2 aromatic rings. The van der Waals surface area contributed by atoms with Crippen molar-refractivity contribution in [3.05, 3.63) is 34.9 Å².